The zero-order chi connectivity index (χ0) is 76.8. The molecule has 0 N–H and O–H groups in total. The van der Waals surface area contributed by atoms with Gasteiger partial charge < -0.3 is 0 Å². The molecular weight excluding hydrogens is 1390 g/mol. The van der Waals surface area contributed by atoms with Gasteiger partial charge in [-0.15, -0.1) is 0 Å². The van der Waals surface area contributed by atoms with Crippen molar-refractivity contribution in [2.75, 3.05) is 0 Å². The minimum atomic E-state index is -0.263. The topological polar surface area (TPSA) is 125 Å². The van der Waals surface area contributed by atoms with Gasteiger partial charge in [-0.1, -0.05) is 337 Å². The fraction of sp³-hybridized carbons (Fsp3) is 0.0566. The van der Waals surface area contributed by atoms with Crippen molar-refractivity contribution in [3.8, 4) is 181 Å². The minimum Gasteiger partial charge on any atom is -0.208 e. The smallest absolute Gasteiger partial charge is 0.164 e. The Balaban J connectivity index is 0.641. The maximum Gasteiger partial charge on any atom is 0.164 e. The molecule has 18 aromatic rings. The van der Waals surface area contributed by atoms with E-state index in [1.54, 1.807) is 0 Å². The summed E-state index contributed by atoms with van der Waals surface area (Å²) in [6.07, 6.45) is 0. The van der Waals surface area contributed by atoms with Gasteiger partial charge in [0.2, 0.25) is 0 Å². The molecule has 0 unspecified atom stereocenters. The second-order valence-corrected chi connectivity index (χ2v) is 30.7. The SMILES string of the molecule is CC1(C)c2cc(C#N)ccc2-c2ccc(-c3ccc(-c4ccc5cc(-c6cccc(-c7nc(-c8ccccc8)nc(-c8ccc(-c9c(-c%10ccc(-c%11ccc%12c(c%11)C(C)(C)c%11cccc(C#N)c%11-%12)cc%10)ccc%10ccccc9%10)cc8)n7)c6)ccc5c4-c4ccc(-c5nc(-c6ccccc6)nc(-c6ccccc6)n5)cc4)cc3)cc21. The third-order valence-corrected chi connectivity index (χ3v) is 23.3. The van der Waals surface area contributed by atoms with Crippen molar-refractivity contribution in [3.63, 3.8) is 0 Å². The van der Waals surface area contributed by atoms with E-state index in [0.29, 0.717) is 40.5 Å². The van der Waals surface area contributed by atoms with Crippen molar-refractivity contribution in [3.05, 3.63) is 385 Å². The Morgan fingerprint density at radius 3 is 1.09 bits per heavy atom. The Morgan fingerprint density at radius 1 is 0.211 bits per heavy atom. The van der Waals surface area contributed by atoms with E-state index >= 15 is 0 Å². The molecule has 16 aromatic carbocycles. The van der Waals surface area contributed by atoms with Gasteiger partial charge in [0.05, 0.1) is 23.3 Å². The van der Waals surface area contributed by atoms with Crippen molar-refractivity contribution >= 4 is 21.5 Å². The Labute approximate surface area is 662 Å². The predicted molar refractivity (Wildman–Crippen MR) is 463 cm³/mol. The lowest BCUT2D eigenvalue weighted by Gasteiger charge is -2.22. The average molecular weight is 1460 g/mol. The van der Waals surface area contributed by atoms with Crippen LogP contribution < -0.4 is 0 Å². The minimum absolute atomic E-state index is 0.238. The fourth-order valence-corrected chi connectivity index (χ4v) is 17.3. The highest BCUT2D eigenvalue weighted by Crippen LogP contribution is 2.53. The van der Waals surface area contributed by atoms with Crippen molar-refractivity contribution in [1.82, 2.24) is 29.9 Å². The molecule has 2 aromatic heterocycles. The van der Waals surface area contributed by atoms with Crippen LogP contribution in [-0.2, 0) is 10.8 Å². The van der Waals surface area contributed by atoms with Gasteiger partial charge in [0.25, 0.3) is 0 Å². The number of aromatic nitrogens is 6. The molecule has 0 amide bonds. The number of fused-ring (bicyclic) bond motifs is 8. The molecule has 0 aliphatic heterocycles. The van der Waals surface area contributed by atoms with Crippen LogP contribution in [0.25, 0.3) is 190 Å². The molecule has 2 heterocycles. The molecule has 114 heavy (non-hydrogen) atoms. The Morgan fingerprint density at radius 2 is 0.561 bits per heavy atom. The van der Waals surface area contributed by atoms with Crippen molar-refractivity contribution < 1.29 is 0 Å². The van der Waals surface area contributed by atoms with Crippen molar-refractivity contribution in [1.29, 1.82) is 10.5 Å². The van der Waals surface area contributed by atoms with E-state index in [4.69, 9.17) is 29.9 Å². The molecule has 8 nitrogen and oxygen atoms in total. The highest BCUT2D eigenvalue weighted by molar-refractivity contribution is 6.07. The van der Waals surface area contributed by atoms with E-state index in [0.717, 1.165) is 150 Å². The first-order chi connectivity index (χ1) is 55.9. The number of nitrogens with zero attached hydrogens (tertiary/aromatic N) is 8. The molecule has 2 aliphatic carbocycles. The van der Waals surface area contributed by atoms with Crippen LogP contribution >= 0.6 is 0 Å². The van der Waals surface area contributed by atoms with Crippen LogP contribution in [0.1, 0.15) is 61.1 Å². The van der Waals surface area contributed by atoms with E-state index in [1.165, 1.54) is 33.4 Å². The van der Waals surface area contributed by atoms with Gasteiger partial charge in [-0.3, -0.25) is 0 Å². The standard InChI is InChI=1S/C106H70N8/c1-105(2)92-29-17-27-84(64-108)98(92)91-57-50-81(62-95(91)105)67-33-35-69(36-34-67)86-53-47-68-18-14-15-28-85(68)96(86)71-39-43-77(44-40-71)103-112-101(75-23-12-7-13-24-75)113-104(114-103)83-26-16-25-78(60-83)79-48-54-88-82(59-79)51-55-87(70-37-31-66(32-38-70)80-49-56-90-89-52-30-65(63-107)58-93(89)106(3,4)94(90)61-80)97(88)72-41-45-76(46-42-72)102-110-99(73-19-8-5-9-20-73)109-100(111-102)74-21-10-6-11-22-74/h5-62H,1-4H3. The van der Waals surface area contributed by atoms with Gasteiger partial charge in [-0.2, -0.15) is 10.5 Å². The monoisotopic (exact) mass is 1450 g/mol. The number of benzene rings is 16. The highest BCUT2D eigenvalue weighted by Gasteiger charge is 2.38. The summed E-state index contributed by atoms with van der Waals surface area (Å²) in [5.41, 5.74) is 31.1. The van der Waals surface area contributed by atoms with Crippen molar-refractivity contribution in [2.45, 2.75) is 38.5 Å². The summed E-state index contributed by atoms with van der Waals surface area (Å²) in [5.74, 6) is 3.53. The van der Waals surface area contributed by atoms with Gasteiger partial charge in [-0.25, -0.2) is 29.9 Å². The van der Waals surface area contributed by atoms with Gasteiger partial charge >= 0.3 is 0 Å². The summed E-state index contributed by atoms with van der Waals surface area (Å²) in [7, 11) is 0. The number of hydrogen-bond donors (Lipinski definition) is 0. The lowest BCUT2D eigenvalue weighted by atomic mass is 9.81. The number of rotatable bonds is 13. The fourth-order valence-electron chi connectivity index (χ4n) is 17.3. The Kier molecular flexibility index (Phi) is 16.5. The molecule has 2 aliphatic rings. The van der Waals surface area contributed by atoms with Crippen LogP contribution in [0.2, 0.25) is 0 Å². The molecule has 20 rings (SSSR count). The molecule has 0 atom stereocenters. The predicted octanol–water partition coefficient (Wildman–Crippen LogP) is 26.4. The van der Waals surface area contributed by atoms with Gasteiger partial charge in [0.15, 0.2) is 34.9 Å². The van der Waals surface area contributed by atoms with E-state index in [2.05, 4.69) is 295 Å². The molecular formula is C106H70N8. The number of nitriles is 2. The number of hydrogen-bond acceptors (Lipinski definition) is 8. The van der Waals surface area contributed by atoms with E-state index in [1.807, 2.05) is 97.1 Å². The van der Waals surface area contributed by atoms with E-state index in [-0.39, 0.29) is 10.8 Å². The molecule has 534 valence electrons. The van der Waals surface area contributed by atoms with Crippen LogP contribution in [0.15, 0.2) is 352 Å². The maximum atomic E-state index is 10.1. The lowest BCUT2D eigenvalue weighted by molar-refractivity contribution is 0.660. The molecule has 0 fully saturated rings. The lowest BCUT2D eigenvalue weighted by Crippen LogP contribution is -2.15. The molecule has 0 radical (unpaired) electrons. The van der Waals surface area contributed by atoms with Crippen LogP contribution in [0.5, 0.6) is 0 Å². The average Bonchev–Trinajstić information content (AvgIpc) is 0.994. The zero-order valence-electron chi connectivity index (χ0n) is 63.1. The van der Waals surface area contributed by atoms with Gasteiger partial charge in [0, 0.05) is 49.8 Å². The molecule has 0 spiro atoms. The van der Waals surface area contributed by atoms with Crippen LogP contribution in [0.3, 0.4) is 0 Å². The normalized spacial score (nSPS) is 12.7. The Bertz CT molecular complexity index is 6940. The van der Waals surface area contributed by atoms with Crippen LogP contribution in [0, 0.1) is 22.7 Å². The quantitative estimate of drug-likeness (QED) is 0.112. The first-order valence-corrected chi connectivity index (χ1v) is 38.6. The second-order valence-electron chi connectivity index (χ2n) is 30.7. The van der Waals surface area contributed by atoms with Gasteiger partial charge in [0.1, 0.15) is 0 Å². The molecule has 0 saturated heterocycles. The maximum absolute atomic E-state index is 10.1. The third-order valence-electron chi connectivity index (χ3n) is 23.3. The van der Waals surface area contributed by atoms with Crippen molar-refractivity contribution in [2.24, 2.45) is 0 Å². The van der Waals surface area contributed by atoms with Crippen LogP contribution in [0.4, 0.5) is 0 Å². The largest absolute Gasteiger partial charge is 0.208 e. The van der Waals surface area contributed by atoms with E-state index in [9.17, 15) is 10.5 Å². The third kappa shape index (κ3) is 11.9. The highest BCUT2D eigenvalue weighted by atomic mass is 15.0. The summed E-state index contributed by atoms with van der Waals surface area (Å²) in [4.78, 5) is 31.0. The summed E-state index contributed by atoms with van der Waals surface area (Å²) in [6, 6.07) is 129. The summed E-state index contributed by atoms with van der Waals surface area (Å²) in [5, 5.41) is 24.4. The second kappa shape index (κ2) is 27.6. The van der Waals surface area contributed by atoms with E-state index < -0.39 is 0 Å². The zero-order valence-corrected chi connectivity index (χ0v) is 63.1. The Hall–Kier alpha value is -15.0. The summed E-state index contributed by atoms with van der Waals surface area (Å²) < 4.78 is 0. The molecule has 8 heteroatoms. The summed E-state index contributed by atoms with van der Waals surface area (Å²) >= 11 is 0. The summed E-state index contributed by atoms with van der Waals surface area (Å²) in [6.45, 7) is 9.04. The first-order valence-electron chi connectivity index (χ1n) is 38.6. The molecule has 0 bridgehead atoms. The van der Waals surface area contributed by atoms with Crippen LogP contribution in [-0.4, -0.2) is 29.9 Å². The van der Waals surface area contributed by atoms with Gasteiger partial charge in [-0.05, 0) is 181 Å². The molecule has 0 saturated carbocycles. The first kappa shape index (κ1) is 68.3.